The molecule has 0 amide bonds. The minimum Gasteiger partial charge on any atom is -0.324 e. The Morgan fingerprint density at radius 3 is 2.36 bits per heavy atom. The van der Waals surface area contributed by atoms with Crippen LogP contribution in [0.4, 0.5) is 11.6 Å². The third-order valence-electron chi connectivity index (χ3n) is 4.01. The lowest BCUT2D eigenvalue weighted by molar-refractivity contribution is 0.893. The van der Waals surface area contributed by atoms with Crippen molar-refractivity contribution in [3.63, 3.8) is 0 Å². The van der Waals surface area contributed by atoms with Gasteiger partial charge in [0, 0.05) is 5.69 Å². The van der Waals surface area contributed by atoms with E-state index in [0.29, 0.717) is 11.6 Å². The van der Waals surface area contributed by atoms with Crippen LogP contribution in [0, 0.1) is 0 Å². The van der Waals surface area contributed by atoms with Gasteiger partial charge in [-0.3, -0.25) is 4.40 Å². The van der Waals surface area contributed by atoms with Gasteiger partial charge < -0.3 is 5.32 Å². The number of nitrogens with one attached hydrogen (secondary N) is 1. The van der Waals surface area contributed by atoms with E-state index in [0.717, 1.165) is 22.4 Å². The Kier molecular flexibility index (Phi) is 2.96. The summed E-state index contributed by atoms with van der Waals surface area (Å²) in [6.45, 7) is 0. The first-order chi connectivity index (χ1) is 12.4. The molecule has 7 nitrogen and oxygen atoms in total. The molecule has 2 aromatic carbocycles. The second-order valence-corrected chi connectivity index (χ2v) is 5.58. The van der Waals surface area contributed by atoms with Crippen LogP contribution in [0.15, 0.2) is 73.2 Å². The SMILES string of the molecule is c1ccc(Nc2nnc3c4cnn(-c5ccccc5)c4ncn23)cc1. The van der Waals surface area contributed by atoms with E-state index in [2.05, 4.69) is 25.6 Å². The maximum Gasteiger partial charge on any atom is 0.234 e. The van der Waals surface area contributed by atoms with Crippen molar-refractivity contribution in [3.8, 4) is 5.69 Å². The van der Waals surface area contributed by atoms with Gasteiger partial charge in [-0.1, -0.05) is 36.4 Å². The van der Waals surface area contributed by atoms with E-state index in [1.807, 2.05) is 65.1 Å². The van der Waals surface area contributed by atoms with Gasteiger partial charge in [-0.2, -0.15) is 5.10 Å². The molecule has 0 spiro atoms. The van der Waals surface area contributed by atoms with Gasteiger partial charge in [0.2, 0.25) is 5.95 Å². The van der Waals surface area contributed by atoms with Gasteiger partial charge in [0.15, 0.2) is 11.3 Å². The fourth-order valence-corrected chi connectivity index (χ4v) is 2.81. The van der Waals surface area contributed by atoms with E-state index in [1.54, 1.807) is 17.2 Å². The maximum atomic E-state index is 4.56. The van der Waals surface area contributed by atoms with Crippen molar-refractivity contribution in [1.82, 2.24) is 29.4 Å². The minimum atomic E-state index is 0.614. The highest BCUT2D eigenvalue weighted by Crippen LogP contribution is 2.22. The van der Waals surface area contributed by atoms with E-state index in [4.69, 9.17) is 0 Å². The zero-order valence-corrected chi connectivity index (χ0v) is 13.1. The predicted molar refractivity (Wildman–Crippen MR) is 95.1 cm³/mol. The van der Waals surface area contributed by atoms with Crippen LogP contribution in [0.3, 0.4) is 0 Å². The van der Waals surface area contributed by atoms with Gasteiger partial charge in [0.05, 0.1) is 17.3 Å². The van der Waals surface area contributed by atoms with Crippen LogP contribution in [0.2, 0.25) is 0 Å². The summed E-state index contributed by atoms with van der Waals surface area (Å²) >= 11 is 0. The molecule has 0 atom stereocenters. The molecule has 0 aliphatic rings. The third kappa shape index (κ3) is 2.21. The fraction of sp³-hybridized carbons (Fsp3) is 0. The molecule has 3 aromatic heterocycles. The molecule has 0 saturated carbocycles. The van der Waals surface area contributed by atoms with E-state index in [-0.39, 0.29) is 0 Å². The Bertz CT molecular complexity index is 1160. The second-order valence-electron chi connectivity index (χ2n) is 5.58. The van der Waals surface area contributed by atoms with Crippen molar-refractivity contribution in [1.29, 1.82) is 0 Å². The summed E-state index contributed by atoms with van der Waals surface area (Å²) in [5, 5.41) is 17.1. The number of benzene rings is 2. The molecular formula is C18H13N7. The highest BCUT2D eigenvalue weighted by atomic mass is 15.4. The molecule has 5 aromatic rings. The Hall–Kier alpha value is -3.74. The lowest BCUT2D eigenvalue weighted by Gasteiger charge is -2.04. The number of nitrogens with zero attached hydrogens (tertiary/aromatic N) is 6. The van der Waals surface area contributed by atoms with Crippen LogP contribution in [0.1, 0.15) is 0 Å². The van der Waals surface area contributed by atoms with E-state index in [1.165, 1.54) is 0 Å². The normalized spacial score (nSPS) is 11.2. The molecule has 7 heteroatoms. The van der Waals surface area contributed by atoms with Crippen LogP contribution < -0.4 is 5.32 Å². The summed E-state index contributed by atoms with van der Waals surface area (Å²) in [5.74, 6) is 0.614. The average molecular weight is 327 g/mol. The summed E-state index contributed by atoms with van der Waals surface area (Å²) in [4.78, 5) is 4.56. The monoisotopic (exact) mass is 327 g/mol. The van der Waals surface area contributed by atoms with Crippen molar-refractivity contribution in [3.05, 3.63) is 73.2 Å². The summed E-state index contributed by atoms with van der Waals surface area (Å²) < 4.78 is 3.63. The van der Waals surface area contributed by atoms with Gasteiger partial charge in [0.1, 0.15) is 6.33 Å². The molecule has 0 fully saturated rings. The number of para-hydroxylation sites is 2. The zero-order valence-electron chi connectivity index (χ0n) is 13.1. The quantitative estimate of drug-likeness (QED) is 0.551. The number of aromatic nitrogens is 6. The number of anilines is 2. The second kappa shape index (κ2) is 5.41. The smallest absolute Gasteiger partial charge is 0.234 e. The molecule has 25 heavy (non-hydrogen) atoms. The molecular weight excluding hydrogens is 314 g/mol. The first-order valence-electron chi connectivity index (χ1n) is 7.85. The molecule has 0 aliphatic heterocycles. The van der Waals surface area contributed by atoms with Crippen LogP contribution in [-0.4, -0.2) is 29.4 Å². The van der Waals surface area contributed by atoms with Crippen LogP contribution in [-0.2, 0) is 0 Å². The molecule has 0 bridgehead atoms. The third-order valence-corrected chi connectivity index (χ3v) is 4.01. The molecule has 0 saturated heterocycles. The molecule has 0 radical (unpaired) electrons. The van der Waals surface area contributed by atoms with Gasteiger partial charge in [-0.05, 0) is 24.3 Å². The highest BCUT2D eigenvalue weighted by Gasteiger charge is 2.14. The molecule has 5 rings (SSSR count). The molecule has 3 heterocycles. The van der Waals surface area contributed by atoms with Crippen LogP contribution in [0.25, 0.3) is 22.4 Å². The lowest BCUT2D eigenvalue weighted by Crippen LogP contribution is -2.00. The van der Waals surface area contributed by atoms with Gasteiger partial charge in [-0.15, -0.1) is 10.2 Å². The first kappa shape index (κ1) is 13.7. The summed E-state index contributed by atoms with van der Waals surface area (Å²) in [6, 6.07) is 19.7. The molecule has 1 N–H and O–H groups in total. The first-order valence-corrected chi connectivity index (χ1v) is 7.85. The van der Waals surface area contributed by atoms with Crippen LogP contribution in [0.5, 0.6) is 0 Å². The maximum absolute atomic E-state index is 4.56. The number of fused-ring (bicyclic) bond motifs is 3. The van der Waals surface area contributed by atoms with Crippen molar-refractivity contribution in [2.45, 2.75) is 0 Å². The van der Waals surface area contributed by atoms with Crippen molar-refractivity contribution in [2.24, 2.45) is 0 Å². The molecule has 0 unspecified atom stereocenters. The number of rotatable bonds is 3. The Morgan fingerprint density at radius 1 is 0.800 bits per heavy atom. The van der Waals surface area contributed by atoms with E-state index >= 15 is 0 Å². The summed E-state index contributed by atoms with van der Waals surface area (Å²) in [7, 11) is 0. The lowest BCUT2D eigenvalue weighted by atomic mass is 10.3. The summed E-state index contributed by atoms with van der Waals surface area (Å²) in [5.41, 5.74) is 3.36. The predicted octanol–water partition coefficient (Wildman–Crippen LogP) is 3.21. The average Bonchev–Trinajstić information content (AvgIpc) is 3.27. The van der Waals surface area contributed by atoms with Crippen LogP contribution >= 0.6 is 0 Å². The van der Waals surface area contributed by atoms with E-state index in [9.17, 15) is 0 Å². The topological polar surface area (TPSA) is 72.9 Å². The van der Waals surface area contributed by atoms with Gasteiger partial charge >= 0.3 is 0 Å². The van der Waals surface area contributed by atoms with Crippen molar-refractivity contribution < 1.29 is 0 Å². The Labute approximate surface area is 142 Å². The standard InChI is InChI=1S/C18H13N7/c1-3-7-13(8-4-1)21-18-23-22-17-15-11-20-25(14-9-5-2-6-10-14)16(15)19-12-24(17)18/h1-12H,(H,21,23). The molecule has 0 aliphatic carbocycles. The van der Waals surface area contributed by atoms with Crippen molar-refractivity contribution in [2.75, 3.05) is 5.32 Å². The van der Waals surface area contributed by atoms with E-state index < -0.39 is 0 Å². The minimum absolute atomic E-state index is 0.614. The fourth-order valence-electron chi connectivity index (χ4n) is 2.81. The molecule has 120 valence electrons. The van der Waals surface area contributed by atoms with Gasteiger partial charge in [0.25, 0.3) is 0 Å². The Balaban J connectivity index is 1.64. The zero-order chi connectivity index (χ0) is 16.6. The largest absolute Gasteiger partial charge is 0.324 e. The van der Waals surface area contributed by atoms with Gasteiger partial charge in [-0.25, -0.2) is 9.67 Å². The Morgan fingerprint density at radius 2 is 1.56 bits per heavy atom. The summed E-state index contributed by atoms with van der Waals surface area (Å²) in [6.07, 6.45) is 3.48. The van der Waals surface area contributed by atoms with Crippen molar-refractivity contribution >= 4 is 28.3 Å². The highest BCUT2D eigenvalue weighted by molar-refractivity contribution is 5.90. The number of hydrogen-bond acceptors (Lipinski definition) is 5. The number of hydrogen-bond donors (Lipinski definition) is 1.